The maximum atomic E-state index is 12.8. The van der Waals surface area contributed by atoms with Crippen molar-refractivity contribution in [3.63, 3.8) is 0 Å². The molecule has 2 aliphatic rings. The molecule has 0 N–H and O–H groups in total. The average Bonchev–Trinajstić information content (AvgIpc) is 3.00. The number of ether oxygens (including phenoxy) is 1. The summed E-state index contributed by atoms with van der Waals surface area (Å²) in [6.45, 7) is 5.08. The molecule has 0 unspecified atom stereocenters. The topological polar surface area (TPSA) is 49.9 Å². The van der Waals surface area contributed by atoms with Crippen LogP contribution in [-0.4, -0.2) is 60.5 Å². The predicted molar refractivity (Wildman–Crippen MR) is 85.1 cm³/mol. The molecule has 2 amide bonds. The summed E-state index contributed by atoms with van der Waals surface area (Å²) >= 11 is 1.46. The highest BCUT2D eigenvalue weighted by molar-refractivity contribution is 7.12. The Hall–Kier alpha value is -1.40. The van der Waals surface area contributed by atoms with E-state index in [4.69, 9.17) is 4.74 Å². The van der Waals surface area contributed by atoms with Crippen LogP contribution in [0.25, 0.3) is 0 Å². The minimum atomic E-state index is -0.305. The Bertz CT molecular complexity index is 551. The second-order valence-electron chi connectivity index (χ2n) is 5.88. The monoisotopic (exact) mass is 322 g/mol. The van der Waals surface area contributed by atoms with E-state index in [0.29, 0.717) is 32.8 Å². The van der Waals surface area contributed by atoms with Crippen molar-refractivity contribution in [1.29, 1.82) is 0 Å². The zero-order chi connectivity index (χ0) is 15.5. The largest absolute Gasteiger partial charge is 0.378 e. The number of likely N-dealkylation sites (tertiary alicyclic amines) is 1. The van der Waals surface area contributed by atoms with Gasteiger partial charge in [0.15, 0.2) is 0 Å². The lowest BCUT2D eigenvalue weighted by Crippen LogP contribution is -2.55. The number of hydrogen-bond donors (Lipinski definition) is 0. The minimum Gasteiger partial charge on any atom is -0.378 e. The van der Waals surface area contributed by atoms with Crippen LogP contribution in [0.4, 0.5) is 0 Å². The number of aryl methyl sites for hydroxylation is 1. The van der Waals surface area contributed by atoms with E-state index in [9.17, 15) is 9.59 Å². The van der Waals surface area contributed by atoms with Gasteiger partial charge in [-0.25, -0.2) is 0 Å². The lowest BCUT2D eigenvalue weighted by atomic mass is 10.00. The Morgan fingerprint density at radius 3 is 2.68 bits per heavy atom. The van der Waals surface area contributed by atoms with Crippen LogP contribution in [-0.2, 0) is 9.53 Å². The lowest BCUT2D eigenvalue weighted by Gasteiger charge is -2.38. The summed E-state index contributed by atoms with van der Waals surface area (Å²) in [5.41, 5.74) is 0.998. The van der Waals surface area contributed by atoms with Crippen molar-refractivity contribution in [2.45, 2.75) is 32.2 Å². The Labute approximate surface area is 134 Å². The van der Waals surface area contributed by atoms with Gasteiger partial charge in [-0.05, 0) is 43.2 Å². The van der Waals surface area contributed by atoms with Crippen LogP contribution in [0, 0.1) is 6.92 Å². The number of hydrogen-bond acceptors (Lipinski definition) is 4. The second-order valence-corrected chi connectivity index (χ2v) is 6.80. The van der Waals surface area contributed by atoms with Crippen LogP contribution in [0.3, 0.4) is 0 Å². The molecule has 0 aliphatic carbocycles. The molecule has 6 heteroatoms. The number of piperidine rings is 1. The van der Waals surface area contributed by atoms with Gasteiger partial charge in [0.25, 0.3) is 5.91 Å². The molecule has 1 atom stereocenters. The van der Waals surface area contributed by atoms with Crippen molar-refractivity contribution in [1.82, 2.24) is 9.80 Å². The first-order valence-electron chi connectivity index (χ1n) is 7.90. The highest BCUT2D eigenvalue weighted by Gasteiger charge is 2.36. The van der Waals surface area contributed by atoms with Gasteiger partial charge in [-0.3, -0.25) is 9.59 Å². The molecule has 2 aliphatic heterocycles. The first-order chi connectivity index (χ1) is 10.7. The summed E-state index contributed by atoms with van der Waals surface area (Å²) < 4.78 is 5.31. The van der Waals surface area contributed by atoms with Gasteiger partial charge < -0.3 is 14.5 Å². The van der Waals surface area contributed by atoms with Crippen LogP contribution in [0.2, 0.25) is 0 Å². The summed E-state index contributed by atoms with van der Waals surface area (Å²) in [5, 5.41) is 1.94. The predicted octanol–water partition coefficient (Wildman–Crippen LogP) is 1.91. The highest BCUT2D eigenvalue weighted by Crippen LogP contribution is 2.25. The lowest BCUT2D eigenvalue weighted by molar-refractivity contribution is -0.141. The first-order valence-corrected chi connectivity index (χ1v) is 8.78. The van der Waals surface area contributed by atoms with Gasteiger partial charge in [0.2, 0.25) is 5.91 Å². The third-order valence-electron chi connectivity index (χ3n) is 4.43. The van der Waals surface area contributed by atoms with Crippen LogP contribution in [0.1, 0.15) is 34.5 Å². The number of morpholine rings is 1. The van der Waals surface area contributed by atoms with Gasteiger partial charge in [-0.15, -0.1) is 11.3 Å². The number of amides is 2. The normalized spacial score (nSPS) is 22.7. The summed E-state index contributed by atoms with van der Waals surface area (Å²) in [6.07, 6.45) is 2.75. The molecular formula is C16H22N2O3S. The fourth-order valence-corrected chi connectivity index (χ4v) is 4.03. The zero-order valence-electron chi connectivity index (χ0n) is 12.9. The average molecular weight is 322 g/mol. The summed E-state index contributed by atoms with van der Waals surface area (Å²) in [4.78, 5) is 30.0. The quantitative estimate of drug-likeness (QED) is 0.836. The molecule has 3 rings (SSSR count). The van der Waals surface area contributed by atoms with Crippen LogP contribution < -0.4 is 0 Å². The van der Waals surface area contributed by atoms with Gasteiger partial charge in [-0.2, -0.15) is 0 Å². The summed E-state index contributed by atoms with van der Waals surface area (Å²) in [6, 6.07) is 1.65. The molecule has 0 radical (unpaired) electrons. The minimum absolute atomic E-state index is 0.0128. The Balaban J connectivity index is 1.77. The van der Waals surface area contributed by atoms with E-state index in [-0.39, 0.29) is 17.9 Å². The van der Waals surface area contributed by atoms with E-state index in [0.717, 1.165) is 29.7 Å². The Morgan fingerprint density at radius 1 is 1.23 bits per heavy atom. The molecule has 0 saturated carbocycles. The summed E-state index contributed by atoms with van der Waals surface area (Å²) in [5.74, 6) is 0.101. The van der Waals surface area contributed by atoms with E-state index in [1.165, 1.54) is 11.3 Å². The number of rotatable bonds is 2. The number of nitrogens with zero attached hydrogens (tertiary/aromatic N) is 2. The molecule has 1 aromatic rings. The van der Waals surface area contributed by atoms with E-state index in [1.54, 1.807) is 4.90 Å². The Kier molecular flexibility index (Phi) is 4.78. The van der Waals surface area contributed by atoms with E-state index in [1.807, 2.05) is 23.3 Å². The third-order valence-corrected chi connectivity index (χ3v) is 5.43. The molecule has 2 saturated heterocycles. The van der Waals surface area contributed by atoms with Gasteiger partial charge in [0, 0.05) is 19.6 Å². The zero-order valence-corrected chi connectivity index (χ0v) is 13.7. The molecule has 22 heavy (non-hydrogen) atoms. The van der Waals surface area contributed by atoms with E-state index in [2.05, 4.69) is 0 Å². The van der Waals surface area contributed by atoms with Crippen molar-refractivity contribution >= 4 is 23.2 Å². The van der Waals surface area contributed by atoms with Crippen molar-refractivity contribution in [3.8, 4) is 0 Å². The smallest absolute Gasteiger partial charge is 0.264 e. The van der Waals surface area contributed by atoms with Crippen molar-refractivity contribution < 1.29 is 14.3 Å². The van der Waals surface area contributed by atoms with Gasteiger partial charge >= 0.3 is 0 Å². The first kappa shape index (κ1) is 15.5. The van der Waals surface area contributed by atoms with Crippen molar-refractivity contribution in [2.75, 3.05) is 32.8 Å². The fraction of sp³-hybridized carbons (Fsp3) is 0.625. The molecule has 0 aromatic carbocycles. The summed E-state index contributed by atoms with van der Waals surface area (Å²) in [7, 11) is 0. The molecule has 5 nitrogen and oxygen atoms in total. The molecule has 2 fully saturated rings. The van der Waals surface area contributed by atoms with E-state index < -0.39 is 0 Å². The third kappa shape index (κ3) is 3.03. The number of carbonyl (C=O) groups is 2. The fourth-order valence-electron chi connectivity index (χ4n) is 3.15. The van der Waals surface area contributed by atoms with Gasteiger partial charge in [0.05, 0.1) is 18.1 Å². The maximum absolute atomic E-state index is 12.8. The van der Waals surface area contributed by atoms with Gasteiger partial charge in [-0.1, -0.05) is 0 Å². The highest BCUT2D eigenvalue weighted by atomic mass is 32.1. The molecule has 3 heterocycles. The number of carbonyl (C=O) groups excluding carboxylic acids is 2. The van der Waals surface area contributed by atoms with Crippen LogP contribution >= 0.6 is 11.3 Å². The van der Waals surface area contributed by atoms with Crippen LogP contribution in [0.15, 0.2) is 11.4 Å². The Morgan fingerprint density at radius 2 is 2.00 bits per heavy atom. The SMILES string of the molecule is Cc1ccsc1C(=O)N1CCCC[C@H]1C(=O)N1CCOCC1. The van der Waals surface area contributed by atoms with Crippen molar-refractivity contribution in [2.24, 2.45) is 0 Å². The molecular weight excluding hydrogens is 300 g/mol. The second kappa shape index (κ2) is 6.79. The van der Waals surface area contributed by atoms with Crippen molar-refractivity contribution in [3.05, 3.63) is 21.9 Å². The molecule has 120 valence electrons. The molecule has 0 spiro atoms. The maximum Gasteiger partial charge on any atom is 0.264 e. The van der Waals surface area contributed by atoms with Gasteiger partial charge in [0.1, 0.15) is 6.04 Å². The molecule has 1 aromatic heterocycles. The standard InChI is InChI=1S/C16H22N2O3S/c1-12-5-11-22-14(12)16(20)18-6-3-2-4-13(18)15(19)17-7-9-21-10-8-17/h5,11,13H,2-4,6-10H2,1H3/t13-/m0/s1. The number of thiophene rings is 1. The van der Waals surface area contributed by atoms with Crippen LogP contribution in [0.5, 0.6) is 0 Å². The molecule has 0 bridgehead atoms. The van der Waals surface area contributed by atoms with E-state index >= 15 is 0 Å².